The molecule has 0 unspecified atom stereocenters. The molecule has 8 heteroatoms. The topological polar surface area (TPSA) is 102 Å². The lowest BCUT2D eigenvalue weighted by molar-refractivity contribution is -0.384. The van der Waals surface area contributed by atoms with Crippen molar-refractivity contribution in [3.63, 3.8) is 0 Å². The van der Waals surface area contributed by atoms with Gasteiger partial charge < -0.3 is 4.74 Å². The Morgan fingerprint density at radius 1 is 1.03 bits per heavy atom. The lowest BCUT2D eigenvalue weighted by atomic mass is 9.85. The summed E-state index contributed by atoms with van der Waals surface area (Å²) in [5.74, 6) is -0.208. The first kappa shape index (κ1) is 19.2. The van der Waals surface area contributed by atoms with Gasteiger partial charge in [0.25, 0.3) is 17.5 Å². The van der Waals surface area contributed by atoms with E-state index < -0.39 is 4.92 Å². The number of allylic oxidation sites excluding steroid dienone is 2. The highest BCUT2D eigenvalue weighted by Crippen LogP contribution is 2.52. The molecule has 1 saturated heterocycles. The summed E-state index contributed by atoms with van der Waals surface area (Å²) in [5, 5.41) is 16.0. The molecular formula is C23H19N3O5. The SMILES string of the molecule is O=C1[C@H]2[C@H](C(=O)N1/N=C\c1ccccc1OCc1ccc([N+](=O)[O-])cc1)[C@H]1C=C[C@H]2C1. The Bertz CT molecular complexity index is 1090. The molecule has 0 radical (unpaired) electrons. The standard InChI is InChI=1S/C23H19N3O5/c27-22-20-15-7-8-16(11-15)21(20)23(28)25(22)24-12-17-3-1-2-4-19(17)31-13-14-5-9-18(10-6-14)26(29)30/h1-10,12,15-16,20-21H,11,13H2/b24-12-/t15-,16-,20+,21+/m0/s1. The zero-order valence-electron chi connectivity index (χ0n) is 16.5. The number of amides is 2. The summed E-state index contributed by atoms with van der Waals surface area (Å²) >= 11 is 0. The average Bonchev–Trinajstić information content (AvgIpc) is 3.46. The summed E-state index contributed by atoms with van der Waals surface area (Å²) < 4.78 is 5.85. The predicted octanol–water partition coefficient (Wildman–Crippen LogP) is 3.31. The van der Waals surface area contributed by atoms with Gasteiger partial charge in [-0.15, -0.1) is 0 Å². The van der Waals surface area contributed by atoms with Crippen molar-refractivity contribution in [2.45, 2.75) is 13.0 Å². The van der Waals surface area contributed by atoms with E-state index in [0.717, 1.165) is 17.0 Å². The Morgan fingerprint density at radius 3 is 2.32 bits per heavy atom. The smallest absolute Gasteiger partial charge is 0.269 e. The third-order valence-corrected chi connectivity index (χ3v) is 6.22. The van der Waals surface area contributed by atoms with Gasteiger partial charge in [-0.1, -0.05) is 24.3 Å². The maximum Gasteiger partial charge on any atom is 0.269 e. The molecule has 3 aliphatic rings. The van der Waals surface area contributed by atoms with Crippen molar-refractivity contribution in [1.29, 1.82) is 0 Å². The Labute approximate surface area is 178 Å². The zero-order valence-corrected chi connectivity index (χ0v) is 16.5. The summed E-state index contributed by atoms with van der Waals surface area (Å²) in [5.41, 5.74) is 1.42. The third-order valence-electron chi connectivity index (χ3n) is 6.22. The van der Waals surface area contributed by atoms with Gasteiger partial charge in [-0.3, -0.25) is 19.7 Å². The lowest BCUT2D eigenvalue weighted by Gasteiger charge is -2.13. The summed E-state index contributed by atoms with van der Waals surface area (Å²) in [6, 6.07) is 13.3. The number of fused-ring (bicyclic) bond motifs is 5. The Balaban J connectivity index is 1.30. The number of nitro benzene ring substituents is 1. The van der Waals surface area contributed by atoms with Crippen LogP contribution in [0.5, 0.6) is 5.75 Å². The molecule has 1 saturated carbocycles. The molecule has 31 heavy (non-hydrogen) atoms. The van der Waals surface area contributed by atoms with Crippen LogP contribution in [0, 0.1) is 33.8 Å². The fourth-order valence-electron chi connectivity index (χ4n) is 4.71. The summed E-state index contributed by atoms with van der Waals surface area (Å²) in [7, 11) is 0. The van der Waals surface area contributed by atoms with Crippen molar-refractivity contribution >= 4 is 23.7 Å². The maximum atomic E-state index is 12.8. The minimum Gasteiger partial charge on any atom is -0.488 e. The molecule has 2 bridgehead atoms. The summed E-state index contributed by atoms with van der Waals surface area (Å²) in [6.07, 6.45) is 6.44. The lowest BCUT2D eigenvalue weighted by Crippen LogP contribution is -2.28. The number of carbonyl (C=O) groups excluding carboxylic acids is 2. The molecule has 8 nitrogen and oxygen atoms in total. The van der Waals surface area contributed by atoms with E-state index in [-0.39, 0.29) is 47.8 Å². The van der Waals surface area contributed by atoms with Crippen molar-refractivity contribution in [1.82, 2.24) is 5.01 Å². The molecule has 1 heterocycles. The van der Waals surface area contributed by atoms with Gasteiger partial charge in [0.2, 0.25) is 0 Å². The van der Waals surface area contributed by atoms with Gasteiger partial charge in [0, 0.05) is 17.7 Å². The van der Waals surface area contributed by atoms with Crippen LogP contribution in [0.3, 0.4) is 0 Å². The monoisotopic (exact) mass is 417 g/mol. The highest BCUT2D eigenvalue weighted by atomic mass is 16.6. The van der Waals surface area contributed by atoms with Crippen LogP contribution in [-0.2, 0) is 16.2 Å². The van der Waals surface area contributed by atoms with Gasteiger partial charge in [-0.2, -0.15) is 10.1 Å². The van der Waals surface area contributed by atoms with E-state index in [2.05, 4.69) is 5.10 Å². The predicted molar refractivity (Wildman–Crippen MR) is 111 cm³/mol. The first-order valence-corrected chi connectivity index (χ1v) is 10.1. The van der Waals surface area contributed by atoms with Crippen LogP contribution in [0.15, 0.2) is 65.8 Å². The first-order chi connectivity index (χ1) is 15.0. The molecule has 1 aliphatic heterocycles. The highest BCUT2D eigenvalue weighted by Gasteiger charge is 2.59. The van der Waals surface area contributed by atoms with Crippen molar-refractivity contribution in [2.75, 3.05) is 0 Å². The molecule has 0 aromatic heterocycles. The number of carbonyl (C=O) groups is 2. The number of hydrogen-bond donors (Lipinski definition) is 0. The second-order valence-electron chi connectivity index (χ2n) is 7.98. The molecular weight excluding hydrogens is 398 g/mol. The number of hydrogen-bond acceptors (Lipinski definition) is 6. The summed E-state index contributed by atoms with van der Waals surface area (Å²) in [6.45, 7) is 0.212. The number of non-ortho nitro benzene ring substituents is 1. The Kier molecular flexibility index (Phi) is 4.62. The van der Waals surface area contributed by atoms with Crippen LogP contribution in [-0.4, -0.2) is 28.0 Å². The fraction of sp³-hybridized carbons (Fsp3) is 0.261. The summed E-state index contributed by atoms with van der Waals surface area (Å²) in [4.78, 5) is 35.8. The number of para-hydroxylation sites is 1. The number of hydrazone groups is 1. The second kappa shape index (κ2) is 7.46. The van der Waals surface area contributed by atoms with Crippen molar-refractivity contribution in [3.05, 3.63) is 81.9 Å². The molecule has 0 N–H and O–H groups in total. The van der Waals surface area contributed by atoms with Gasteiger partial charge >= 0.3 is 0 Å². The Hall–Kier alpha value is -3.81. The number of imide groups is 1. The number of benzene rings is 2. The first-order valence-electron chi connectivity index (χ1n) is 10.1. The van der Waals surface area contributed by atoms with E-state index in [4.69, 9.17) is 4.74 Å². The number of nitro groups is 1. The van der Waals surface area contributed by atoms with Crippen LogP contribution < -0.4 is 4.74 Å². The van der Waals surface area contributed by atoms with E-state index in [1.807, 2.05) is 24.3 Å². The van der Waals surface area contributed by atoms with Crippen molar-refractivity contribution in [3.8, 4) is 5.75 Å². The number of ether oxygens (including phenoxy) is 1. The molecule has 2 fully saturated rings. The molecule has 2 aliphatic carbocycles. The van der Waals surface area contributed by atoms with Crippen LogP contribution in [0.25, 0.3) is 0 Å². The van der Waals surface area contributed by atoms with Crippen LogP contribution in [0.4, 0.5) is 5.69 Å². The Morgan fingerprint density at radius 2 is 1.68 bits per heavy atom. The largest absolute Gasteiger partial charge is 0.488 e. The van der Waals surface area contributed by atoms with E-state index in [1.54, 1.807) is 24.3 Å². The third kappa shape index (κ3) is 3.30. The van der Waals surface area contributed by atoms with Crippen molar-refractivity contribution < 1.29 is 19.2 Å². The zero-order chi connectivity index (χ0) is 21.5. The van der Waals surface area contributed by atoms with E-state index >= 15 is 0 Å². The maximum absolute atomic E-state index is 12.8. The quantitative estimate of drug-likeness (QED) is 0.236. The number of rotatable bonds is 6. The number of nitrogens with zero attached hydrogens (tertiary/aromatic N) is 3. The minimum absolute atomic E-state index is 0.0182. The van der Waals surface area contributed by atoms with Crippen LogP contribution in [0.1, 0.15) is 17.5 Å². The van der Waals surface area contributed by atoms with E-state index in [9.17, 15) is 19.7 Å². The molecule has 5 rings (SSSR count). The molecule has 2 aromatic carbocycles. The van der Waals surface area contributed by atoms with Crippen molar-refractivity contribution in [2.24, 2.45) is 28.8 Å². The van der Waals surface area contributed by atoms with E-state index in [0.29, 0.717) is 11.3 Å². The van der Waals surface area contributed by atoms with Crippen LogP contribution in [0.2, 0.25) is 0 Å². The molecule has 0 spiro atoms. The normalized spacial score (nSPS) is 26.1. The van der Waals surface area contributed by atoms with Gasteiger partial charge in [0.05, 0.1) is 23.0 Å². The molecule has 4 atom stereocenters. The minimum atomic E-state index is -0.451. The van der Waals surface area contributed by atoms with Gasteiger partial charge in [-0.25, -0.2) is 0 Å². The van der Waals surface area contributed by atoms with Crippen LogP contribution >= 0.6 is 0 Å². The average molecular weight is 417 g/mol. The second-order valence-corrected chi connectivity index (χ2v) is 7.98. The highest BCUT2D eigenvalue weighted by molar-refractivity contribution is 6.06. The molecule has 2 amide bonds. The molecule has 156 valence electrons. The fourth-order valence-corrected chi connectivity index (χ4v) is 4.71. The van der Waals surface area contributed by atoms with Gasteiger partial charge in [-0.05, 0) is 48.1 Å². The van der Waals surface area contributed by atoms with Gasteiger partial charge in [0.15, 0.2) is 0 Å². The van der Waals surface area contributed by atoms with Gasteiger partial charge in [0.1, 0.15) is 12.4 Å². The molecule has 2 aromatic rings. The van der Waals surface area contributed by atoms with E-state index in [1.165, 1.54) is 18.3 Å².